The van der Waals surface area contributed by atoms with Crippen molar-refractivity contribution in [3.05, 3.63) is 35.4 Å². The zero-order valence-electron chi connectivity index (χ0n) is 35.6. The Morgan fingerprint density at radius 3 is 1.13 bits per heavy atom. The number of benzene rings is 1. The molecule has 2 spiro atoms. The number of hydrogen-bond donors (Lipinski definition) is 0. The first-order chi connectivity index (χ1) is 30.3. The van der Waals surface area contributed by atoms with E-state index in [0.29, 0.717) is 33.7 Å². The van der Waals surface area contributed by atoms with Crippen LogP contribution >= 0.6 is 22.7 Å². The number of rotatable bonds is 2. The van der Waals surface area contributed by atoms with E-state index in [4.69, 9.17) is 19.5 Å². The topological polar surface area (TPSA) is 111 Å². The molecule has 10 aliphatic rings. The van der Waals surface area contributed by atoms with Crippen LogP contribution in [0.3, 0.4) is 0 Å². The molecule has 13 rings (SSSR count). The summed E-state index contributed by atoms with van der Waals surface area (Å²) in [4.78, 5) is 68.1. The van der Waals surface area contributed by atoms with Crippen LogP contribution < -0.4 is 9.47 Å². The number of ketones is 4. The number of hydrogen-bond acceptors (Lipinski definition) is 10. The molecule has 3 aromatic rings. The number of carbonyl (C=O) groups excluding carboxylic acids is 4. The van der Waals surface area contributed by atoms with E-state index in [1.807, 2.05) is 0 Å². The maximum absolute atomic E-state index is 14.0. The first kappa shape index (κ1) is 38.7. The molecule has 2 aliphatic heterocycles. The molecule has 8 atom stereocenters. The Labute approximate surface area is 371 Å². The smallest absolute Gasteiger partial charge is 0.188 e. The van der Waals surface area contributed by atoms with E-state index in [9.17, 15) is 19.2 Å². The highest BCUT2D eigenvalue weighted by atomic mass is 32.1. The normalized spacial score (nSPS) is 33.6. The summed E-state index contributed by atoms with van der Waals surface area (Å²) in [6.07, 6.45) is 23.2. The summed E-state index contributed by atoms with van der Waals surface area (Å²) in [6.45, 7) is 0. The summed E-state index contributed by atoms with van der Waals surface area (Å²) in [5.41, 5.74) is 3.53. The highest BCUT2D eigenvalue weighted by Crippen LogP contribution is 2.62. The molecule has 322 valence electrons. The molecular formula is C52H56N2O6S2. The van der Waals surface area contributed by atoms with Gasteiger partial charge in [0.1, 0.15) is 32.7 Å². The second-order valence-corrected chi connectivity index (χ2v) is 23.2. The Kier molecular flexibility index (Phi) is 8.97. The van der Waals surface area contributed by atoms with Crippen LogP contribution in [-0.2, 0) is 30.4 Å². The van der Waals surface area contributed by atoms with Gasteiger partial charge >= 0.3 is 0 Å². The Morgan fingerprint density at radius 2 is 0.790 bits per heavy atom. The lowest BCUT2D eigenvalue weighted by Gasteiger charge is -2.44. The molecule has 8 fully saturated rings. The van der Waals surface area contributed by atoms with Crippen molar-refractivity contribution in [2.24, 2.45) is 57.3 Å². The fourth-order valence-corrected chi connectivity index (χ4v) is 17.2. The van der Waals surface area contributed by atoms with Gasteiger partial charge in [-0.1, -0.05) is 64.2 Å². The van der Waals surface area contributed by atoms with E-state index < -0.39 is 11.2 Å². The van der Waals surface area contributed by atoms with Gasteiger partial charge in [-0.25, -0.2) is 9.98 Å². The van der Waals surface area contributed by atoms with Crippen LogP contribution in [0.2, 0.25) is 0 Å². The maximum Gasteiger partial charge on any atom is 0.188 e. The lowest BCUT2D eigenvalue weighted by Crippen LogP contribution is -2.38. The molecule has 0 amide bonds. The van der Waals surface area contributed by atoms with Crippen LogP contribution in [0.4, 0.5) is 10.0 Å². The van der Waals surface area contributed by atoms with Crippen molar-refractivity contribution < 1.29 is 28.7 Å². The molecule has 8 unspecified atom stereocenters. The fraction of sp³-hybridized carbons (Fsp3) is 0.615. The Hall–Kier alpha value is -3.76. The number of ether oxygens (including phenoxy) is 2. The van der Waals surface area contributed by atoms with E-state index in [1.54, 1.807) is 22.7 Å². The van der Waals surface area contributed by atoms with Crippen LogP contribution in [-0.4, -0.2) is 34.6 Å². The molecule has 1 aromatic carbocycles. The van der Waals surface area contributed by atoms with Crippen molar-refractivity contribution in [1.82, 2.24) is 0 Å². The molecule has 0 radical (unpaired) electrons. The fourth-order valence-electron chi connectivity index (χ4n) is 14.9. The van der Waals surface area contributed by atoms with Gasteiger partial charge in [-0.2, -0.15) is 0 Å². The van der Waals surface area contributed by atoms with Crippen molar-refractivity contribution in [3.8, 4) is 32.4 Å². The Morgan fingerprint density at radius 1 is 0.452 bits per heavy atom. The van der Waals surface area contributed by atoms with Gasteiger partial charge in [0.05, 0.1) is 0 Å². The molecule has 8 aliphatic carbocycles. The minimum absolute atomic E-state index is 0.0336. The zero-order chi connectivity index (χ0) is 41.5. The summed E-state index contributed by atoms with van der Waals surface area (Å²) in [5, 5.41) is 1.43. The number of aliphatic imine (C=N–C) groups is 2. The van der Waals surface area contributed by atoms with Crippen LogP contribution in [0.1, 0.15) is 152 Å². The molecule has 0 bridgehead atoms. The van der Waals surface area contributed by atoms with E-state index in [-0.39, 0.29) is 58.2 Å². The van der Waals surface area contributed by atoms with Gasteiger partial charge in [-0.15, -0.1) is 22.7 Å². The maximum atomic E-state index is 14.0. The van der Waals surface area contributed by atoms with Gasteiger partial charge in [0.15, 0.2) is 34.6 Å². The molecule has 0 saturated heterocycles. The van der Waals surface area contributed by atoms with Gasteiger partial charge in [0.25, 0.3) is 0 Å². The molecule has 10 heteroatoms. The quantitative estimate of drug-likeness (QED) is 0.254. The molecular weight excluding hydrogens is 813 g/mol. The first-order valence-corrected chi connectivity index (χ1v) is 26.1. The van der Waals surface area contributed by atoms with Gasteiger partial charge in [0.2, 0.25) is 0 Å². The Balaban J connectivity index is 0.883. The second kappa shape index (κ2) is 14.4. The molecule has 62 heavy (non-hydrogen) atoms. The average molecular weight is 869 g/mol. The van der Waals surface area contributed by atoms with E-state index >= 15 is 0 Å². The highest BCUT2D eigenvalue weighted by Gasteiger charge is 2.54. The summed E-state index contributed by atoms with van der Waals surface area (Å²) in [5.74, 6) is 2.94. The van der Waals surface area contributed by atoms with Gasteiger partial charge in [-0.3, -0.25) is 19.2 Å². The molecule has 4 heterocycles. The van der Waals surface area contributed by atoms with Crippen LogP contribution in [0.15, 0.2) is 34.3 Å². The summed E-state index contributed by atoms with van der Waals surface area (Å²) in [7, 11) is 0. The van der Waals surface area contributed by atoms with E-state index in [0.717, 1.165) is 133 Å². The average Bonchev–Trinajstić information content (AvgIpc) is 4.04. The van der Waals surface area contributed by atoms with Gasteiger partial charge in [-0.05, 0) is 125 Å². The number of Topliss-reactive ketones (excluding diaryl/α,β-unsaturated/α-hetero) is 4. The van der Waals surface area contributed by atoms with Crippen molar-refractivity contribution in [2.75, 3.05) is 0 Å². The molecule has 0 N–H and O–H groups in total. The first-order valence-electron chi connectivity index (χ1n) is 24.5. The van der Waals surface area contributed by atoms with Crippen molar-refractivity contribution in [1.29, 1.82) is 0 Å². The minimum atomic E-state index is -0.510. The zero-order valence-corrected chi connectivity index (χ0v) is 37.3. The summed E-state index contributed by atoms with van der Waals surface area (Å²) < 4.78 is 14.5. The van der Waals surface area contributed by atoms with E-state index in [2.05, 4.69) is 24.3 Å². The third-order valence-electron chi connectivity index (χ3n) is 18.0. The van der Waals surface area contributed by atoms with Gasteiger partial charge < -0.3 is 9.47 Å². The SMILES string of the molecule is O=C1C(=Nc2cc3c(s2)-c2cc4c(cc2OC32CCCCC2)-c2sc(N=C3C(=O)C5CC6CCCCC6CC5C3=O)cc2C2(CCCCC2)O4)C(=O)C2CC3CCCCC3CC12. The number of nitrogens with zero attached hydrogens (tertiary/aromatic N) is 2. The lowest BCUT2D eigenvalue weighted by atomic mass is 9.64. The predicted octanol–water partition coefficient (Wildman–Crippen LogP) is 12.4. The predicted molar refractivity (Wildman–Crippen MR) is 241 cm³/mol. The monoisotopic (exact) mass is 868 g/mol. The largest absolute Gasteiger partial charge is 0.482 e. The molecule has 2 aromatic heterocycles. The standard InChI is InChI=1S/C52H56N2O6S2/c55-45-31-19-27-11-3-4-12-28(27)20-32(31)46(56)43(45)53-41-25-37-49(61-41)35-24-40-36(23-39(35)59-51(37)15-7-1-8-16-51)50-38(52(60-40)17-9-2-10-18-52)26-42(62-50)54-44-47(57)33-21-29-13-5-6-14-30(29)22-34(33)48(44)58/h23-34H,1-22H2. The second-order valence-electron chi connectivity index (χ2n) is 21.2. The highest BCUT2D eigenvalue weighted by molar-refractivity contribution is 7.20. The van der Waals surface area contributed by atoms with E-state index in [1.165, 1.54) is 51.4 Å². The lowest BCUT2D eigenvalue weighted by molar-refractivity contribution is -0.123. The van der Waals surface area contributed by atoms with Gasteiger partial charge in [0, 0.05) is 55.7 Å². The third kappa shape index (κ3) is 5.78. The van der Waals surface area contributed by atoms with Crippen molar-refractivity contribution in [2.45, 2.75) is 152 Å². The number of fused-ring (bicyclic) bond motifs is 12. The van der Waals surface area contributed by atoms with Crippen LogP contribution in [0.25, 0.3) is 20.9 Å². The van der Waals surface area contributed by atoms with Crippen LogP contribution in [0, 0.1) is 47.3 Å². The van der Waals surface area contributed by atoms with Crippen molar-refractivity contribution in [3.63, 3.8) is 0 Å². The number of thiophene rings is 2. The summed E-state index contributed by atoms with van der Waals surface area (Å²) >= 11 is 3.17. The summed E-state index contributed by atoms with van der Waals surface area (Å²) in [6, 6.07) is 8.61. The minimum Gasteiger partial charge on any atom is -0.482 e. The molecule has 8 saturated carbocycles. The number of carbonyl (C=O) groups is 4. The third-order valence-corrected chi connectivity index (χ3v) is 20.1. The Bertz CT molecular complexity index is 2270. The van der Waals surface area contributed by atoms with Crippen molar-refractivity contribution >= 4 is 67.2 Å². The van der Waals surface area contributed by atoms with Crippen LogP contribution in [0.5, 0.6) is 11.5 Å². The molecule has 8 nitrogen and oxygen atoms in total.